The summed E-state index contributed by atoms with van der Waals surface area (Å²) in [7, 11) is 0. The Morgan fingerprint density at radius 3 is 2.76 bits per heavy atom. The minimum atomic E-state index is -0.378. The zero-order valence-electron chi connectivity index (χ0n) is 11.4. The lowest BCUT2D eigenvalue weighted by molar-refractivity contribution is -0.935. The van der Waals surface area contributed by atoms with Crippen molar-refractivity contribution in [1.82, 2.24) is 5.32 Å². The molecular formula is C14H27N2O+. The van der Waals surface area contributed by atoms with Crippen molar-refractivity contribution in [2.24, 2.45) is 0 Å². The second kappa shape index (κ2) is 6.82. The molecule has 0 saturated carbocycles. The SMILES string of the molecule is CCCCC/C=C/C1NC=C[N+]1(CC)C(C)O. The zero-order chi connectivity index (χ0) is 12.7. The third-order valence-corrected chi connectivity index (χ3v) is 3.67. The smallest absolute Gasteiger partial charge is 0.193 e. The van der Waals surface area contributed by atoms with E-state index in [1.54, 1.807) is 0 Å². The summed E-state index contributed by atoms with van der Waals surface area (Å²) in [5.74, 6) is 0. The summed E-state index contributed by atoms with van der Waals surface area (Å²) in [4.78, 5) is 0. The monoisotopic (exact) mass is 239 g/mol. The quantitative estimate of drug-likeness (QED) is 0.407. The third kappa shape index (κ3) is 3.33. The Kier molecular flexibility index (Phi) is 5.72. The molecule has 17 heavy (non-hydrogen) atoms. The van der Waals surface area contributed by atoms with Gasteiger partial charge in [-0.25, -0.2) is 4.48 Å². The maximum absolute atomic E-state index is 9.96. The fourth-order valence-electron chi connectivity index (χ4n) is 2.39. The van der Waals surface area contributed by atoms with Gasteiger partial charge in [-0.05, 0) is 25.8 Å². The van der Waals surface area contributed by atoms with Gasteiger partial charge in [-0.3, -0.25) is 0 Å². The maximum Gasteiger partial charge on any atom is 0.193 e. The topological polar surface area (TPSA) is 32.3 Å². The average molecular weight is 239 g/mol. The number of unbranched alkanes of at least 4 members (excludes halogenated alkanes) is 3. The number of hydrogen-bond donors (Lipinski definition) is 2. The summed E-state index contributed by atoms with van der Waals surface area (Å²) in [6, 6.07) is 0. The summed E-state index contributed by atoms with van der Waals surface area (Å²) in [6.07, 6.45) is 13.2. The number of hydrogen-bond acceptors (Lipinski definition) is 2. The van der Waals surface area contributed by atoms with Gasteiger partial charge in [0.25, 0.3) is 0 Å². The number of aliphatic hydroxyl groups is 1. The molecule has 0 aromatic heterocycles. The van der Waals surface area contributed by atoms with Gasteiger partial charge in [0.2, 0.25) is 0 Å². The number of likely N-dealkylation sites (N-methyl/N-ethyl adjacent to an activating group) is 1. The fraction of sp³-hybridized carbons (Fsp3) is 0.714. The summed E-state index contributed by atoms with van der Waals surface area (Å²) < 4.78 is 0.588. The molecule has 1 aliphatic heterocycles. The van der Waals surface area contributed by atoms with E-state index in [9.17, 15) is 5.11 Å². The Balaban J connectivity index is 2.53. The van der Waals surface area contributed by atoms with E-state index in [0.717, 1.165) is 13.0 Å². The molecule has 0 bridgehead atoms. The predicted molar refractivity (Wildman–Crippen MR) is 71.8 cm³/mol. The van der Waals surface area contributed by atoms with E-state index >= 15 is 0 Å². The fourth-order valence-corrected chi connectivity index (χ4v) is 2.39. The third-order valence-electron chi connectivity index (χ3n) is 3.67. The Hall–Kier alpha value is -0.800. The van der Waals surface area contributed by atoms with Gasteiger partial charge in [0, 0.05) is 6.92 Å². The van der Waals surface area contributed by atoms with Crippen LogP contribution >= 0.6 is 0 Å². The molecule has 1 heterocycles. The van der Waals surface area contributed by atoms with E-state index in [1.807, 2.05) is 13.1 Å². The molecule has 3 heteroatoms. The Morgan fingerprint density at radius 1 is 1.41 bits per heavy atom. The van der Waals surface area contributed by atoms with Gasteiger partial charge in [0.1, 0.15) is 6.20 Å². The van der Waals surface area contributed by atoms with E-state index in [2.05, 4.69) is 37.5 Å². The first kappa shape index (κ1) is 14.3. The minimum Gasteiger partial charge on any atom is -0.345 e. The van der Waals surface area contributed by atoms with Crippen LogP contribution in [-0.2, 0) is 0 Å². The van der Waals surface area contributed by atoms with Crippen LogP contribution < -0.4 is 5.32 Å². The van der Waals surface area contributed by atoms with Crippen molar-refractivity contribution in [1.29, 1.82) is 0 Å². The van der Waals surface area contributed by atoms with Crippen LogP contribution in [0.1, 0.15) is 46.5 Å². The second-order valence-electron chi connectivity index (χ2n) is 4.79. The van der Waals surface area contributed by atoms with Crippen LogP contribution in [-0.4, -0.2) is 28.5 Å². The number of nitrogens with one attached hydrogen (secondary N) is 1. The van der Waals surface area contributed by atoms with Crippen molar-refractivity contribution in [2.45, 2.75) is 58.8 Å². The largest absolute Gasteiger partial charge is 0.345 e. The highest BCUT2D eigenvalue weighted by atomic mass is 16.3. The highest BCUT2D eigenvalue weighted by Gasteiger charge is 2.39. The summed E-state index contributed by atoms with van der Waals surface area (Å²) in [6.45, 7) is 7.09. The molecule has 3 nitrogen and oxygen atoms in total. The van der Waals surface area contributed by atoms with E-state index in [4.69, 9.17) is 0 Å². The van der Waals surface area contributed by atoms with Crippen molar-refractivity contribution in [3.8, 4) is 0 Å². The van der Waals surface area contributed by atoms with Crippen molar-refractivity contribution in [3.05, 3.63) is 24.6 Å². The molecule has 0 saturated heterocycles. The standard InChI is InChI=1S/C14H27N2O/c1-4-6-7-8-9-10-14-15-11-12-16(14,5-2)13(3)17/h9-15,17H,4-8H2,1-3H3/q+1/b10-9+. The summed E-state index contributed by atoms with van der Waals surface area (Å²) in [5.41, 5.74) is 0. The van der Waals surface area contributed by atoms with Crippen LogP contribution in [0.5, 0.6) is 0 Å². The molecule has 3 atom stereocenters. The van der Waals surface area contributed by atoms with E-state index in [-0.39, 0.29) is 12.4 Å². The van der Waals surface area contributed by atoms with Crippen molar-refractivity contribution in [3.63, 3.8) is 0 Å². The number of rotatable bonds is 7. The van der Waals surface area contributed by atoms with Gasteiger partial charge >= 0.3 is 0 Å². The van der Waals surface area contributed by atoms with Crippen LogP contribution in [0.4, 0.5) is 0 Å². The van der Waals surface area contributed by atoms with Gasteiger partial charge in [-0.1, -0.05) is 25.8 Å². The number of allylic oxidation sites excluding steroid dienone is 1. The molecule has 0 aliphatic carbocycles. The molecule has 98 valence electrons. The van der Waals surface area contributed by atoms with E-state index < -0.39 is 0 Å². The highest BCUT2D eigenvalue weighted by Crippen LogP contribution is 2.23. The average Bonchev–Trinajstić information content (AvgIpc) is 2.73. The minimum absolute atomic E-state index is 0.182. The lowest BCUT2D eigenvalue weighted by Crippen LogP contribution is -2.56. The van der Waals surface area contributed by atoms with Crippen molar-refractivity contribution in [2.75, 3.05) is 6.54 Å². The lowest BCUT2D eigenvalue weighted by Gasteiger charge is -2.37. The molecule has 2 N–H and O–H groups in total. The lowest BCUT2D eigenvalue weighted by atomic mass is 10.2. The Bertz CT molecular complexity index is 273. The molecule has 3 unspecified atom stereocenters. The number of quaternary nitrogens is 1. The van der Waals surface area contributed by atoms with Crippen LogP contribution in [0.25, 0.3) is 0 Å². The van der Waals surface area contributed by atoms with Crippen LogP contribution in [0.3, 0.4) is 0 Å². The van der Waals surface area contributed by atoms with Gasteiger partial charge in [0.05, 0.1) is 12.7 Å². The zero-order valence-corrected chi connectivity index (χ0v) is 11.4. The molecule has 0 aromatic carbocycles. The summed E-state index contributed by atoms with van der Waals surface area (Å²) >= 11 is 0. The normalized spacial score (nSPS) is 29.8. The first-order chi connectivity index (χ1) is 8.17. The molecule has 0 radical (unpaired) electrons. The van der Waals surface area contributed by atoms with Crippen LogP contribution in [0.15, 0.2) is 24.6 Å². The summed E-state index contributed by atoms with van der Waals surface area (Å²) in [5, 5.41) is 13.3. The first-order valence-electron chi connectivity index (χ1n) is 6.83. The molecule has 0 fully saturated rings. The highest BCUT2D eigenvalue weighted by molar-refractivity contribution is 4.97. The van der Waals surface area contributed by atoms with Gasteiger partial charge < -0.3 is 10.4 Å². The predicted octanol–water partition coefficient (Wildman–Crippen LogP) is 2.70. The Labute approximate surface area is 105 Å². The van der Waals surface area contributed by atoms with E-state index in [0.29, 0.717) is 4.48 Å². The number of nitrogens with zero attached hydrogens (tertiary/aromatic N) is 1. The molecule has 1 rings (SSSR count). The van der Waals surface area contributed by atoms with E-state index in [1.165, 1.54) is 19.3 Å². The van der Waals surface area contributed by atoms with Gasteiger partial charge in [-0.2, -0.15) is 0 Å². The maximum atomic E-state index is 9.96. The Morgan fingerprint density at radius 2 is 2.18 bits per heavy atom. The molecule has 1 aliphatic rings. The molecular weight excluding hydrogens is 212 g/mol. The van der Waals surface area contributed by atoms with Crippen molar-refractivity contribution >= 4 is 0 Å². The number of aliphatic hydroxyl groups excluding tert-OH is 1. The second-order valence-corrected chi connectivity index (χ2v) is 4.79. The molecule has 0 aromatic rings. The molecule has 0 spiro atoms. The van der Waals surface area contributed by atoms with Crippen molar-refractivity contribution < 1.29 is 9.59 Å². The van der Waals surface area contributed by atoms with Crippen LogP contribution in [0.2, 0.25) is 0 Å². The molecule has 0 amide bonds. The van der Waals surface area contributed by atoms with Crippen LogP contribution in [0, 0.1) is 0 Å². The van der Waals surface area contributed by atoms with Gasteiger partial charge in [0.15, 0.2) is 12.4 Å². The first-order valence-corrected chi connectivity index (χ1v) is 6.83. The van der Waals surface area contributed by atoms with Gasteiger partial charge in [-0.15, -0.1) is 0 Å².